The number of rotatable bonds is 3. The maximum absolute atomic E-state index is 10.4. The molecule has 0 saturated carbocycles. The van der Waals surface area contributed by atoms with Gasteiger partial charge in [0.1, 0.15) is 6.54 Å². The van der Waals surface area contributed by atoms with Crippen LogP contribution in [0.1, 0.15) is 0 Å². The summed E-state index contributed by atoms with van der Waals surface area (Å²) >= 11 is 0. The molecule has 0 bridgehead atoms. The fourth-order valence-electron chi connectivity index (χ4n) is 1.15. The number of carbonyl (C=O) groups is 1. The molecule has 2 rings (SSSR count). The Morgan fingerprint density at radius 1 is 1.57 bits per heavy atom. The minimum atomic E-state index is -0.910. The summed E-state index contributed by atoms with van der Waals surface area (Å²) in [5.74, 6) is -0.910. The molecule has 2 aromatic heterocycles. The normalized spacial score (nSPS) is 10.3. The average molecular weight is 192 g/mol. The molecule has 72 valence electrons. The van der Waals surface area contributed by atoms with Crippen LogP contribution >= 0.6 is 0 Å². The van der Waals surface area contributed by atoms with E-state index in [2.05, 4.69) is 5.10 Å². The van der Waals surface area contributed by atoms with Crippen LogP contribution < -0.4 is 0 Å². The van der Waals surface area contributed by atoms with Gasteiger partial charge in [-0.3, -0.25) is 9.48 Å². The Morgan fingerprint density at radius 3 is 3.07 bits per heavy atom. The monoisotopic (exact) mass is 192 g/mol. The zero-order valence-electron chi connectivity index (χ0n) is 7.25. The van der Waals surface area contributed by atoms with Crippen molar-refractivity contribution < 1.29 is 14.3 Å². The van der Waals surface area contributed by atoms with Crippen molar-refractivity contribution >= 4 is 5.97 Å². The third-order valence-electron chi connectivity index (χ3n) is 1.75. The van der Waals surface area contributed by atoms with Gasteiger partial charge < -0.3 is 9.52 Å². The summed E-state index contributed by atoms with van der Waals surface area (Å²) in [7, 11) is 0. The maximum Gasteiger partial charge on any atom is 0.325 e. The first-order chi connectivity index (χ1) is 6.75. The van der Waals surface area contributed by atoms with E-state index < -0.39 is 5.97 Å². The van der Waals surface area contributed by atoms with Gasteiger partial charge in [0.25, 0.3) is 0 Å². The number of carboxylic acid groups (broad SMARTS) is 1. The Morgan fingerprint density at radius 2 is 2.43 bits per heavy atom. The molecule has 0 atom stereocenters. The Balaban J connectivity index is 2.22. The number of aromatic nitrogens is 2. The van der Waals surface area contributed by atoms with E-state index in [1.807, 2.05) is 0 Å². The molecule has 0 amide bonds. The van der Waals surface area contributed by atoms with Crippen molar-refractivity contribution in [2.24, 2.45) is 0 Å². The van der Waals surface area contributed by atoms with Gasteiger partial charge in [-0.05, 0) is 12.1 Å². The predicted molar refractivity (Wildman–Crippen MR) is 47.6 cm³/mol. The van der Waals surface area contributed by atoms with Crippen molar-refractivity contribution in [2.45, 2.75) is 6.54 Å². The minimum absolute atomic E-state index is 0.127. The fraction of sp³-hybridized carbons (Fsp3) is 0.111. The topological polar surface area (TPSA) is 68.3 Å². The average Bonchev–Trinajstić information content (AvgIpc) is 2.69. The summed E-state index contributed by atoms with van der Waals surface area (Å²) in [6, 6.07) is 3.52. The molecule has 0 fully saturated rings. The first kappa shape index (κ1) is 8.55. The molecule has 0 radical (unpaired) electrons. The van der Waals surface area contributed by atoms with Gasteiger partial charge in [0, 0.05) is 11.8 Å². The minimum Gasteiger partial charge on any atom is -0.480 e. The zero-order valence-corrected chi connectivity index (χ0v) is 7.25. The number of carboxylic acids is 1. The van der Waals surface area contributed by atoms with Crippen LogP contribution in [-0.4, -0.2) is 20.9 Å². The quantitative estimate of drug-likeness (QED) is 0.794. The van der Waals surface area contributed by atoms with Gasteiger partial charge >= 0.3 is 5.97 Å². The first-order valence-corrected chi connectivity index (χ1v) is 4.03. The standard InChI is InChI=1S/C9H8N2O3/c12-9(13)5-11-3-1-8(10-11)7-2-4-14-6-7/h1-4,6H,5H2,(H,12,13). The third kappa shape index (κ3) is 1.66. The highest BCUT2D eigenvalue weighted by Crippen LogP contribution is 2.16. The summed E-state index contributed by atoms with van der Waals surface area (Å²) in [4.78, 5) is 10.4. The molecule has 5 heteroatoms. The number of nitrogens with zero attached hydrogens (tertiary/aromatic N) is 2. The first-order valence-electron chi connectivity index (χ1n) is 4.03. The van der Waals surface area contributed by atoms with Crippen molar-refractivity contribution in [3.05, 3.63) is 30.9 Å². The SMILES string of the molecule is O=C(O)Cn1ccc(-c2ccoc2)n1. The molecule has 0 aliphatic carbocycles. The van der Waals surface area contributed by atoms with Crippen LogP contribution in [-0.2, 0) is 11.3 Å². The van der Waals surface area contributed by atoms with Gasteiger partial charge in [0.05, 0.1) is 18.2 Å². The second-order valence-electron chi connectivity index (χ2n) is 2.80. The number of hydrogen-bond donors (Lipinski definition) is 1. The Kier molecular flexibility index (Phi) is 2.06. The van der Waals surface area contributed by atoms with E-state index in [0.717, 1.165) is 5.56 Å². The van der Waals surface area contributed by atoms with Crippen molar-refractivity contribution in [1.29, 1.82) is 0 Å². The third-order valence-corrected chi connectivity index (χ3v) is 1.75. The number of hydrogen-bond acceptors (Lipinski definition) is 3. The van der Waals surface area contributed by atoms with Gasteiger partial charge in [0.15, 0.2) is 0 Å². The lowest BCUT2D eigenvalue weighted by molar-refractivity contribution is -0.137. The van der Waals surface area contributed by atoms with Gasteiger partial charge in [-0.1, -0.05) is 0 Å². The van der Waals surface area contributed by atoms with Crippen LogP contribution in [0, 0.1) is 0 Å². The summed E-state index contributed by atoms with van der Waals surface area (Å²) in [5, 5.41) is 12.6. The summed E-state index contributed by atoms with van der Waals surface area (Å²) in [6.45, 7) is -0.127. The van der Waals surface area contributed by atoms with Gasteiger partial charge in [-0.25, -0.2) is 0 Å². The zero-order chi connectivity index (χ0) is 9.97. The molecule has 0 spiro atoms. The van der Waals surface area contributed by atoms with E-state index in [1.165, 1.54) is 4.68 Å². The predicted octanol–water partition coefficient (Wildman–Crippen LogP) is 1.23. The Labute approximate surface area is 79.6 Å². The van der Waals surface area contributed by atoms with E-state index in [0.29, 0.717) is 5.69 Å². The summed E-state index contributed by atoms with van der Waals surface area (Å²) in [5.41, 5.74) is 1.55. The lowest BCUT2D eigenvalue weighted by Crippen LogP contribution is -2.08. The molecule has 2 aromatic rings. The molecule has 0 aliphatic heterocycles. The maximum atomic E-state index is 10.4. The number of furan rings is 1. The summed E-state index contributed by atoms with van der Waals surface area (Å²) < 4.78 is 6.26. The van der Waals surface area contributed by atoms with Crippen LogP contribution in [0.4, 0.5) is 0 Å². The molecule has 5 nitrogen and oxygen atoms in total. The van der Waals surface area contributed by atoms with Crippen LogP contribution in [0.15, 0.2) is 35.3 Å². The van der Waals surface area contributed by atoms with Crippen LogP contribution in [0.2, 0.25) is 0 Å². The van der Waals surface area contributed by atoms with E-state index in [1.54, 1.807) is 30.9 Å². The lowest BCUT2D eigenvalue weighted by atomic mass is 10.2. The van der Waals surface area contributed by atoms with Crippen molar-refractivity contribution in [3.63, 3.8) is 0 Å². The highest BCUT2D eigenvalue weighted by Gasteiger charge is 2.05. The smallest absolute Gasteiger partial charge is 0.325 e. The lowest BCUT2D eigenvalue weighted by Gasteiger charge is -1.93. The van der Waals surface area contributed by atoms with Crippen molar-refractivity contribution in [2.75, 3.05) is 0 Å². The van der Waals surface area contributed by atoms with Gasteiger partial charge in [-0.2, -0.15) is 5.10 Å². The van der Waals surface area contributed by atoms with Crippen molar-refractivity contribution in [3.8, 4) is 11.3 Å². The molecule has 0 unspecified atom stereocenters. The van der Waals surface area contributed by atoms with Crippen LogP contribution in [0.25, 0.3) is 11.3 Å². The van der Waals surface area contributed by atoms with Gasteiger partial charge in [-0.15, -0.1) is 0 Å². The Hall–Kier alpha value is -2.04. The molecule has 0 aromatic carbocycles. The molecule has 0 aliphatic rings. The highest BCUT2D eigenvalue weighted by molar-refractivity contribution is 5.66. The number of aliphatic carboxylic acids is 1. The molecular formula is C9H8N2O3. The van der Waals surface area contributed by atoms with E-state index in [9.17, 15) is 4.79 Å². The second-order valence-corrected chi connectivity index (χ2v) is 2.80. The molecule has 0 saturated heterocycles. The second kappa shape index (κ2) is 3.37. The Bertz CT molecular complexity index is 431. The van der Waals surface area contributed by atoms with Gasteiger partial charge in [0.2, 0.25) is 0 Å². The van der Waals surface area contributed by atoms with E-state index in [-0.39, 0.29) is 6.54 Å². The van der Waals surface area contributed by atoms with Crippen LogP contribution in [0.3, 0.4) is 0 Å². The van der Waals surface area contributed by atoms with E-state index in [4.69, 9.17) is 9.52 Å². The molecule has 14 heavy (non-hydrogen) atoms. The van der Waals surface area contributed by atoms with Crippen LogP contribution in [0.5, 0.6) is 0 Å². The highest BCUT2D eigenvalue weighted by atomic mass is 16.4. The summed E-state index contributed by atoms with van der Waals surface area (Å²) in [6.07, 6.45) is 4.73. The fourth-order valence-corrected chi connectivity index (χ4v) is 1.15. The molecule has 1 N–H and O–H groups in total. The molecule has 2 heterocycles. The van der Waals surface area contributed by atoms with Crippen molar-refractivity contribution in [1.82, 2.24) is 9.78 Å². The molecular weight excluding hydrogens is 184 g/mol. The van der Waals surface area contributed by atoms with E-state index >= 15 is 0 Å². The largest absolute Gasteiger partial charge is 0.480 e.